The molecule has 2 saturated carbocycles. The molecule has 3 nitrogen and oxygen atoms in total. The number of nitrogens with one attached hydrogen (secondary N) is 1. The van der Waals surface area contributed by atoms with Crippen LogP contribution in [0, 0.1) is 5.41 Å². The highest BCUT2D eigenvalue weighted by molar-refractivity contribution is 5.03. The van der Waals surface area contributed by atoms with Crippen molar-refractivity contribution in [1.82, 2.24) is 15.1 Å². The number of hydrogen-bond acceptors (Lipinski definition) is 2. The van der Waals surface area contributed by atoms with Crippen molar-refractivity contribution in [1.29, 1.82) is 0 Å². The van der Waals surface area contributed by atoms with Gasteiger partial charge in [0, 0.05) is 18.8 Å². The zero-order chi connectivity index (χ0) is 14.0. The predicted octanol–water partition coefficient (Wildman–Crippen LogP) is 3.71. The minimum Gasteiger partial charge on any atom is -0.313 e. The Morgan fingerprint density at radius 2 is 1.95 bits per heavy atom. The second-order valence-corrected chi connectivity index (χ2v) is 7.58. The summed E-state index contributed by atoms with van der Waals surface area (Å²) >= 11 is 0. The minimum atomic E-state index is 0.300. The van der Waals surface area contributed by atoms with Crippen molar-refractivity contribution in [2.45, 2.75) is 77.3 Å². The van der Waals surface area contributed by atoms with Gasteiger partial charge in [-0.1, -0.05) is 33.1 Å². The van der Waals surface area contributed by atoms with Crippen molar-refractivity contribution in [3.05, 3.63) is 18.0 Å². The average Bonchev–Trinajstić information content (AvgIpc) is 3.17. The van der Waals surface area contributed by atoms with E-state index in [1.165, 1.54) is 50.6 Å². The molecule has 1 N–H and O–H groups in total. The largest absolute Gasteiger partial charge is 0.313 e. The highest BCUT2D eigenvalue weighted by Crippen LogP contribution is 2.28. The van der Waals surface area contributed by atoms with Crippen LogP contribution >= 0.6 is 0 Å². The number of aromatic nitrogens is 2. The van der Waals surface area contributed by atoms with Crippen molar-refractivity contribution < 1.29 is 0 Å². The van der Waals surface area contributed by atoms with E-state index in [2.05, 4.69) is 36.1 Å². The maximum atomic E-state index is 4.85. The first-order valence-electron chi connectivity index (χ1n) is 8.40. The fraction of sp³-hybridized carbons (Fsp3) is 0.824. The van der Waals surface area contributed by atoms with E-state index < -0.39 is 0 Å². The van der Waals surface area contributed by atoms with E-state index in [4.69, 9.17) is 5.10 Å². The van der Waals surface area contributed by atoms with Gasteiger partial charge in [0.1, 0.15) is 0 Å². The van der Waals surface area contributed by atoms with E-state index in [0.29, 0.717) is 11.5 Å². The Hall–Kier alpha value is -0.830. The lowest BCUT2D eigenvalue weighted by molar-refractivity contribution is 0.315. The van der Waals surface area contributed by atoms with Crippen molar-refractivity contribution >= 4 is 0 Å². The molecule has 3 rings (SSSR count). The van der Waals surface area contributed by atoms with Crippen LogP contribution in [0.1, 0.15) is 70.5 Å². The van der Waals surface area contributed by atoms with E-state index >= 15 is 0 Å². The van der Waals surface area contributed by atoms with Gasteiger partial charge in [-0.25, -0.2) is 0 Å². The highest BCUT2D eigenvalue weighted by atomic mass is 15.3. The quantitative estimate of drug-likeness (QED) is 0.857. The number of nitrogens with zero attached hydrogens (tertiary/aromatic N) is 2. The molecule has 0 bridgehead atoms. The van der Waals surface area contributed by atoms with Gasteiger partial charge in [0.2, 0.25) is 0 Å². The Morgan fingerprint density at radius 3 is 2.65 bits per heavy atom. The van der Waals surface area contributed by atoms with Crippen LogP contribution in [0.5, 0.6) is 0 Å². The lowest BCUT2D eigenvalue weighted by Crippen LogP contribution is -2.32. The molecule has 2 aliphatic rings. The van der Waals surface area contributed by atoms with Gasteiger partial charge < -0.3 is 5.32 Å². The average molecular weight is 275 g/mol. The van der Waals surface area contributed by atoms with Crippen LogP contribution in [0.3, 0.4) is 0 Å². The van der Waals surface area contributed by atoms with E-state index in [0.717, 1.165) is 19.0 Å². The summed E-state index contributed by atoms with van der Waals surface area (Å²) in [5, 5.41) is 8.50. The fourth-order valence-corrected chi connectivity index (χ4v) is 3.28. The van der Waals surface area contributed by atoms with Gasteiger partial charge in [0.05, 0.1) is 11.7 Å². The van der Waals surface area contributed by atoms with Gasteiger partial charge in [-0.3, -0.25) is 4.68 Å². The van der Waals surface area contributed by atoms with Gasteiger partial charge in [-0.2, -0.15) is 5.10 Å². The number of rotatable bonds is 6. The van der Waals surface area contributed by atoms with E-state index in [-0.39, 0.29) is 0 Å². The lowest BCUT2D eigenvalue weighted by Gasteiger charge is -2.24. The molecule has 0 saturated heterocycles. The topological polar surface area (TPSA) is 29.9 Å². The molecular formula is C17H29N3. The van der Waals surface area contributed by atoms with Gasteiger partial charge in [0.25, 0.3) is 0 Å². The van der Waals surface area contributed by atoms with Gasteiger partial charge >= 0.3 is 0 Å². The molecular weight excluding hydrogens is 246 g/mol. The van der Waals surface area contributed by atoms with Crippen molar-refractivity contribution in [3.8, 4) is 0 Å². The molecule has 0 aromatic carbocycles. The zero-order valence-electron chi connectivity index (χ0n) is 13.1. The van der Waals surface area contributed by atoms with Crippen LogP contribution in [0.2, 0.25) is 0 Å². The summed E-state index contributed by atoms with van der Waals surface area (Å²) in [7, 11) is 0. The molecule has 1 aromatic heterocycles. The third kappa shape index (κ3) is 3.85. The molecule has 0 atom stereocenters. The molecule has 3 heteroatoms. The van der Waals surface area contributed by atoms with Crippen molar-refractivity contribution in [2.75, 3.05) is 6.54 Å². The molecule has 1 aromatic rings. The minimum absolute atomic E-state index is 0.300. The summed E-state index contributed by atoms with van der Waals surface area (Å²) < 4.78 is 2.24. The molecule has 20 heavy (non-hydrogen) atoms. The maximum absolute atomic E-state index is 4.85. The Morgan fingerprint density at radius 1 is 1.20 bits per heavy atom. The normalized spacial score (nSPS) is 21.3. The SMILES string of the molecule is CC(C)(CNC1CC1)Cc1ccn(C2CCCCC2)n1. The summed E-state index contributed by atoms with van der Waals surface area (Å²) in [5.41, 5.74) is 1.56. The molecule has 2 aliphatic carbocycles. The number of hydrogen-bond donors (Lipinski definition) is 1. The van der Waals surface area contributed by atoms with Crippen LogP contribution in [0.25, 0.3) is 0 Å². The highest BCUT2D eigenvalue weighted by Gasteiger charge is 2.26. The summed E-state index contributed by atoms with van der Waals surface area (Å²) in [5.74, 6) is 0. The van der Waals surface area contributed by atoms with Crippen molar-refractivity contribution in [2.24, 2.45) is 5.41 Å². The Bertz CT molecular complexity index is 425. The molecule has 0 radical (unpaired) electrons. The molecule has 2 fully saturated rings. The molecule has 112 valence electrons. The summed E-state index contributed by atoms with van der Waals surface area (Å²) in [4.78, 5) is 0. The van der Waals surface area contributed by atoms with Crippen molar-refractivity contribution in [3.63, 3.8) is 0 Å². The van der Waals surface area contributed by atoms with Crippen LogP contribution in [0.4, 0.5) is 0 Å². The summed E-state index contributed by atoms with van der Waals surface area (Å²) in [6.07, 6.45) is 12.8. The third-order valence-corrected chi connectivity index (χ3v) is 4.72. The molecule has 0 amide bonds. The van der Waals surface area contributed by atoms with Gasteiger partial charge in [0.15, 0.2) is 0 Å². The van der Waals surface area contributed by atoms with Gasteiger partial charge in [-0.05, 0) is 43.6 Å². The van der Waals surface area contributed by atoms with Crippen LogP contribution < -0.4 is 5.32 Å². The Balaban J connectivity index is 1.55. The van der Waals surface area contributed by atoms with E-state index in [9.17, 15) is 0 Å². The van der Waals surface area contributed by atoms with Crippen LogP contribution in [0.15, 0.2) is 12.3 Å². The van der Waals surface area contributed by atoms with E-state index in [1.54, 1.807) is 0 Å². The standard InChI is InChI=1S/C17H29N3/c1-17(2,13-18-14-8-9-14)12-15-10-11-20(19-15)16-6-4-3-5-7-16/h10-11,14,16,18H,3-9,12-13H2,1-2H3. The summed E-state index contributed by atoms with van der Waals surface area (Å²) in [6, 6.07) is 3.69. The van der Waals surface area contributed by atoms with Crippen LogP contribution in [-0.2, 0) is 6.42 Å². The molecule has 0 unspecified atom stereocenters. The molecule has 0 aliphatic heterocycles. The first-order valence-corrected chi connectivity index (χ1v) is 8.40. The second-order valence-electron chi connectivity index (χ2n) is 7.58. The Labute approximate surface area is 123 Å². The second kappa shape index (κ2) is 5.88. The third-order valence-electron chi connectivity index (χ3n) is 4.72. The van der Waals surface area contributed by atoms with E-state index in [1.807, 2.05) is 0 Å². The molecule has 1 heterocycles. The monoisotopic (exact) mass is 275 g/mol. The smallest absolute Gasteiger partial charge is 0.0630 e. The lowest BCUT2D eigenvalue weighted by atomic mass is 9.88. The zero-order valence-corrected chi connectivity index (χ0v) is 13.1. The maximum Gasteiger partial charge on any atom is 0.0630 e. The van der Waals surface area contributed by atoms with Gasteiger partial charge in [-0.15, -0.1) is 0 Å². The summed E-state index contributed by atoms with van der Waals surface area (Å²) in [6.45, 7) is 5.80. The first-order chi connectivity index (χ1) is 9.62. The first kappa shape index (κ1) is 14.1. The predicted molar refractivity (Wildman–Crippen MR) is 82.9 cm³/mol. The Kier molecular flexibility index (Phi) is 4.16. The molecule has 0 spiro atoms. The fourth-order valence-electron chi connectivity index (χ4n) is 3.28. The van der Waals surface area contributed by atoms with Crippen LogP contribution in [-0.4, -0.2) is 22.4 Å².